The van der Waals surface area contributed by atoms with Gasteiger partial charge in [0.15, 0.2) is 0 Å². The van der Waals surface area contributed by atoms with Crippen LogP contribution in [0.15, 0.2) is 6.20 Å². The van der Waals surface area contributed by atoms with Gasteiger partial charge in [0.2, 0.25) is 5.82 Å². The van der Waals surface area contributed by atoms with E-state index in [9.17, 15) is 10.1 Å². The predicted octanol–water partition coefficient (Wildman–Crippen LogP) is 1.76. The van der Waals surface area contributed by atoms with Crippen molar-refractivity contribution in [3.8, 4) is 0 Å². The molecular weight excluding hydrogens is 272 g/mol. The van der Waals surface area contributed by atoms with Crippen molar-refractivity contribution in [3.63, 3.8) is 0 Å². The van der Waals surface area contributed by atoms with Crippen LogP contribution in [0, 0.1) is 17.0 Å². The molecule has 0 atom stereocenters. The molecule has 2 rings (SSSR count). The van der Waals surface area contributed by atoms with E-state index in [0.717, 1.165) is 11.3 Å². The molecule has 0 aliphatic carbocycles. The highest BCUT2D eigenvalue weighted by molar-refractivity contribution is 5.56. The zero-order chi connectivity index (χ0) is 15.9. The van der Waals surface area contributed by atoms with Gasteiger partial charge in [0.1, 0.15) is 5.69 Å². The molecule has 0 unspecified atom stereocenters. The predicted molar refractivity (Wildman–Crippen MR) is 79.0 cm³/mol. The second kappa shape index (κ2) is 4.87. The first-order chi connectivity index (χ1) is 9.61. The van der Waals surface area contributed by atoms with E-state index in [2.05, 4.69) is 31.0 Å². The van der Waals surface area contributed by atoms with Gasteiger partial charge in [-0.05, 0) is 6.92 Å². The Labute approximate surface area is 122 Å². The van der Waals surface area contributed by atoms with Gasteiger partial charge in [-0.25, -0.2) is 4.68 Å². The molecule has 0 amide bonds. The smallest absolute Gasteiger partial charge is 0.333 e. The van der Waals surface area contributed by atoms with Crippen LogP contribution >= 0.6 is 0 Å². The third-order valence-corrected chi connectivity index (χ3v) is 3.25. The Morgan fingerprint density at radius 3 is 2.48 bits per heavy atom. The minimum Gasteiger partial charge on any atom is -0.378 e. The summed E-state index contributed by atoms with van der Waals surface area (Å²) in [5, 5.41) is 19.6. The molecule has 8 nitrogen and oxygen atoms in total. The van der Waals surface area contributed by atoms with E-state index < -0.39 is 4.92 Å². The minimum absolute atomic E-state index is 0.0706. The second-order valence-electron chi connectivity index (χ2n) is 6.16. The van der Waals surface area contributed by atoms with E-state index in [-0.39, 0.29) is 16.9 Å². The fourth-order valence-electron chi connectivity index (χ4n) is 2.38. The number of hydrogen-bond donors (Lipinski definition) is 1. The van der Waals surface area contributed by atoms with Crippen molar-refractivity contribution >= 4 is 11.5 Å². The summed E-state index contributed by atoms with van der Waals surface area (Å²) in [6.07, 6.45) is 1.89. The largest absolute Gasteiger partial charge is 0.378 e. The van der Waals surface area contributed by atoms with Crippen LogP contribution in [0.2, 0.25) is 0 Å². The Kier molecular flexibility index (Phi) is 3.48. The van der Waals surface area contributed by atoms with E-state index in [0.29, 0.717) is 12.2 Å². The molecule has 2 aromatic heterocycles. The number of nitrogen functional groups attached to an aromatic ring is 1. The Morgan fingerprint density at radius 1 is 1.38 bits per heavy atom. The van der Waals surface area contributed by atoms with Crippen LogP contribution in [0.5, 0.6) is 0 Å². The number of rotatable bonds is 3. The first-order valence-electron chi connectivity index (χ1n) is 6.61. The molecule has 2 heterocycles. The summed E-state index contributed by atoms with van der Waals surface area (Å²) in [5.74, 6) is 0.0706. The number of hydrogen-bond acceptors (Lipinski definition) is 5. The van der Waals surface area contributed by atoms with Crippen molar-refractivity contribution in [2.24, 2.45) is 7.05 Å². The zero-order valence-electron chi connectivity index (χ0n) is 12.9. The lowest BCUT2D eigenvalue weighted by atomic mass is 9.89. The summed E-state index contributed by atoms with van der Waals surface area (Å²) in [6.45, 7) is 8.15. The van der Waals surface area contributed by atoms with Crippen LogP contribution in [-0.4, -0.2) is 24.5 Å². The monoisotopic (exact) mass is 292 g/mol. The van der Waals surface area contributed by atoms with Crippen LogP contribution in [0.3, 0.4) is 0 Å². The highest BCUT2D eigenvalue weighted by atomic mass is 16.6. The average Bonchev–Trinajstić information content (AvgIpc) is 2.80. The molecule has 8 heteroatoms. The van der Waals surface area contributed by atoms with Gasteiger partial charge in [-0.15, -0.1) is 0 Å². The summed E-state index contributed by atoms with van der Waals surface area (Å²) in [5.41, 5.74) is 7.80. The van der Waals surface area contributed by atoms with E-state index in [4.69, 9.17) is 5.73 Å². The summed E-state index contributed by atoms with van der Waals surface area (Å²) in [6, 6.07) is 0. The summed E-state index contributed by atoms with van der Waals surface area (Å²) >= 11 is 0. The molecule has 2 aromatic rings. The van der Waals surface area contributed by atoms with E-state index in [1.807, 2.05) is 13.2 Å². The van der Waals surface area contributed by atoms with E-state index in [1.165, 1.54) is 4.68 Å². The summed E-state index contributed by atoms with van der Waals surface area (Å²) in [7, 11) is 1.85. The fraction of sp³-hybridized carbons (Fsp3) is 0.538. The number of anilines is 1. The topological polar surface area (TPSA) is 105 Å². The SMILES string of the molecule is Cc1nn(Cc2cn(C)nc2C(C)(C)C)c(N)c1[N+](=O)[O-]. The van der Waals surface area contributed by atoms with Crippen LogP contribution in [0.25, 0.3) is 0 Å². The molecule has 0 aliphatic rings. The number of aromatic nitrogens is 4. The van der Waals surface area contributed by atoms with Crippen molar-refractivity contribution in [2.45, 2.75) is 39.7 Å². The Hall–Kier alpha value is -2.38. The molecule has 0 fully saturated rings. The molecule has 0 aromatic carbocycles. The van der Waals surface area contributed by atoms with Gasteiger partial charge >= 0.3 is 5.69 Å². The van der Waals surface area contributed by atoms with Crippen molar-refractivity contribution in [2.75, 3.05) is 5.73 Å². The molecule has 114 valence electrons. The standard InChI is InChI=1S/C13H20N6O2/c1-8-10(19(20)21)12(14)18(15-8)7-9-6-17(5)16-11(9)13(2,3)4/h6H,7,14H2,1-5H3. The van der Waals surface area contributed by atoms with Gasteiger partial charge in [-0.3, -0.25) is 14.8 Å². The molecule has 0 aliphatic heterocycles. The Bertz CT molecular complexity index is 692. The third kappa shape index (κ3) is 2.74. The molecular formula is C13H20N6O2. The fourth-order valence-corrected chi connectivity index (χ4v) is 2.38. The second-order valence-corrected chi connectivity index (χ2v) is 6.16. The minimum atomic E-state index is -0.498. The first kappa shape index (κ1) is 15.0. The Balaban J connectivity index is 2.45. The lowest BCUT2D eigenvalue weighted by Crippen LogP contribution is -2.16. The highest BCUT2D eigenvalue weighted by Crippen LogP contribution is 2.28. The van der Waals surface area contributed by atoms with E-state index in [1.54, 1.807) is 11.6 Å². The highest BCUT2D eigenvalue weighted by Gasteiger charge is 2.26. The van der Waals surface area contributed by atoms with Crippen LogP contribution < -0.4 is 5.73 Å². The molecule has 2 N–H and O–H groups in total. The van der Waals surface area contributed by atoms with Crippen molar-refractivity contribution < 1.29 is 4.92 Å². The number of aryl methyl sites for hydroxylation is 2. The molecule has 0 bridgehead atoms. The van der Waals surface area contributed by atoms with Gasteiger partial charge in [-0.2, -0.15) is 10.2 Å². The molecule has 0 saturated heterocycles. The molecule has 0 radical (unpaired) electrons. The van der Waals surface area contributed by atoms with Crippen LogP contribution in [0.1, 0.15) is 37.7 Å². The number of nitro groups is 1. The quantitative estimate of drug-likeness (QED) is 0.685. The van der Waals surface area contributed by atoms with Gasteiger partial charge in [0.25, 0.3) is 0 Å². The van der Waals surface area contributed by atoms with Crippen molar-refractivity contribution in [1.82, 2.24) is 19.6 Å². The maximum absolute atomic E-state index is 11.0. The molecule has 0 saturated carbocycles. The van der Waals surface area contributed by atoms with Gasteiger partial charge in [-0.1, -0.05) is 20.8 Å². The lowest BCUT2D eigenvalue weighted by Gasteiger charge is -2.17. The van der Waals surface area contributed by atoms with Crippen molar-refractivity contribution in [1.29, 1.82) is 0 Å². The molecule has 21 heavy (non-hydrogen) atoms. The maximum Gasteiger partial charge on any atom is 0.333 e. The Morgan fingerprint density at radius 2 is 2.00 bits per heavy atom. The number of nitrogens with zero attached hydrogens (tertiary/aromatic N) is 5. The van der Waals surface area contributed by atoms with E-state index >= 15 is 0 Å². The lowest BCUT2D eigenvalue weighted by molar-refractivity contribution is -0.384. The third-order valence-electron chi connectivity index (χ3n) is 3.25. The summed E-state index contributed by atoms with van der Waals surface area (Å²) < 4.78 is 3.19. The van der Waals surface area contributed by atoms with Gasteiger partial charge < -0.3 is 5.73 Å². The normalized spacial score (nSPS) is 11.9. The first-order valence-corrected chi connectivity index (χ1v) is 6.61. The maximum atomic E-state index is 11.0. The molecule has 0 spiro atoms. The zero-order valence-corrected chi connectivity index (χ0v) is 12.9. The average molecular weight is 292 g/mol. The van der Waals surface area contributed by atoms with Gasteiger partial charge in [0.05, 0.1) is 17.2 Å². The van der Waals surface area contributed by atoms with Crippen LogP contribution in [-0.2, 0) is 19.0 Å². The van der Waals surface area contributed by atoms with Crippen LogP contribution in [0.4, 0.5) is 11.5 Å². The summed E-state index contributed by atoms with van der Waals surface area (Å²) in [4.78, 5) is 10.5. The van der Waals surface area contributed by atoms with Crippen molar-refractivity contribution in [3.05, 3.63) is 33.3 Å². The van der Waals surface area contributed by atoms with Gasteiger partial charge in [0, 0.05) is 24.2 Å². The number of nitrogens with two attached hydrogens (primary N) is 1.